The summed E-state index contributed by atoms with van der Waals surface area (Å²) in [5.74, 6) is 1.73. The third kappa shape index (κ3) is 10.9. The van der Waals surface area contributed by atoms with E-state index in [1.807, 2.05) is 18.2 Å². The summed E-state index contributed by atoms with van der Waals surface area (Å²) >= 11 is 0. The van der Waals surface area contributed by atoms with Crippen molar-refractivity contribution in [3.63, 3.8) is 0 Å². The lowest BCUT2D eigenvalue weighted by atomic mass is 9.87. The average molecular weight is 637 g/mol. The Balaban J connectivity index is 1.27. The Morgan fingerprint density at radius 3 is 2.48 bits per heavy atom. The van der Waals surface area contributed by atoms with Gasteiger partial charge in [-0.3, -0.25) is 0 Å². The first-order valence-corrected chi connectivity index (χ1v) is 18.3. The third-order valence-electron chi connectivity index (χ3n) is 10.4. The van der Waals surface area contributed by atoms with Crippen molar-refractivity contribution in [1.82, 2.24) is 0 Å². The van der Waals surface area contributed by atoms with Crippen LogP contribution in [0, 0.1) is 29.6 Å². The van der Waals surface area contributed by atoms with Crippen LogP contribution >= 0.6 is 0 Å². The number of benzene rings is 1. The highest BCUT2D eigenvalue weighted by Gasteiger charge is 2.46. The molecule has 3 fully saturated rings. The van der Waals surface area contributed by atoms with Crippen LogP contribution in [0.4, 0.5) is 0 Å². The van der Waals surface area contributed by atoms with E-state index in [-0.39, 0.29) is 43.2 Å². The second-order valence-corrected chi connectivity index (χ2v) is 14.5. The smallest absolute Gasteiger partial charge is 0.158 e. The maximum Gasteiger partial charge on any atom is 0.158 e. The Bertz CT molecular complexity index is 1100. The van der Waals surface area contributed by atoms with Crippen molar-refractivity contribution in [2.45, 2.75) is 123 Å². The molecule has 0 bridgehead atoms. The molecule has 9 atom stereocenters. The van der Waals surface area contributed by atoms with Crippen LogP contribution in [-0.2, 0) is 30.3 Å². The second-order valence-electron chi connectivity index (χ2n) is 14.5. The molecule has 5 rings (SSSR count). The number of fused-ring (bicyclic) bond motifs is 1. The molecule has 0 spiro atoms. The monoisotopic (exact) mass is 636 g/mol. The van der Waals surface area contributed by atoms with Crippen LogP contribution < -0.4 is 0 Å². The molecule has 0 amide bonds. The Morgan fingerprint density at radius 1 is 1.02 bits per heavy atom. The molecule has 0 radical (unpaired) electrons. The molecule has 0 aromatic heterocycles. The molecule has 2 aliphatic heterocycles. The fraction of sp³-hybridized carbons (Fsp3) is 0.700. The molecule has 1 aromatic rings. The van der Waals surface area contributed by atoms with E-state index in [1.54, 1.807) is 0 Å². The van der Waals surface area contributed by atoms with E-state index < -0.39 is 0 Å². The molecule has 1 N–H and O–H groups in total. The van der Waals surface area contributed by atoms with E-state index in [4.69, 9.17) is 23.7 Å². The standard InChI is InChI=1S/C40H60O6/c1-29(2)12-11-13-30(3)22-35(45-39-16-7-9-20-43-39)18-19-36-37-24-32(34(26-41)28-42-27-31-14-5-4-6-15-31)23-33(37)25-38(36)46-40-17-8-10-21-44-40/h4-6,12,14-15,18-19,23,30,33-41H,7-11,13,16-17,20-22,24-28H2,1-3H3/b19-18+/t30?,33-,34?,35+,36+,37-,38+,39?,40?/m0/s1. The van der Waals surface area contributed by atoms with Gasteiger partial charge < -0.3 is 28.8 Å². The Morgan fingerprint density at radius 2 is 1.78 bits per heavy atom. The molecular weight excluding hydrogens is 576 g/mol. The summed E-state index contributed by atoms with van der Waals surface area (Å²) in [6.45, 7) is 9.50. The van der Waals surface area contributed by atoms with Crippen molar-refractivity contribution in [3.05, 3.63) is 71.3 Å². The first kappa shape index (κ1) is 35.5. The molecule has 46 heavy (non-hydrogen) atoms. The number of ether oxygens (including phenoxy) is 5. The maximum absolute atomic E-state index is 10.4. The lowest BCUT2D eigenvalue weighted by Gasteiger charge is -2.30. The quantitative estimate of drug-likeness (QED) is 0.173. The minimum Gasteiger partial charge on any atom is -0.396 e. The van der Waals surface area contributed by atoms with E-state index >= 15 is 0 Å². The average Bonchev–Trinajstić information content (AvgIpc) is 3.61. The van der Waals surface area contributed by atoms with E-state index in [0.29, 0.717) is 31.0 Å². The van der Waals surface area contributed by atoms with Crippen LogP contribution in [-0.4, -0.2) is 56.3 Å². The fourth-order valence-corrected chi connectivity index (χ4v) is 7.77. The van der Waals surface area contributed by atoms with Gasteiger partial charge in [0.2, 0.25) is 0 Å². The summed E-state index contributed by atoms with van der Waals surface area (Å²) in [5.41, 5.74) is 3.89. The molecule has 4 aliphatic rings. The van der Waals surface area contributed by atoms with Crippen LogP contribution in [0.15, 0.2) is 65.8 Å². The van der Waals surface area contributed by atoms with Crippen LogP contribution in [0.2, 0.25) is 0 Å². The largest absolute Gasteiger partial charge is 0.396 e. The van der Waals surface area contributed by atoms with Gasteiger partial charge in [0.25, 0.3) is 0 Å². The molecule has 2 aliphatic carbocycles. The van der Waals surface area contributed by atoms with Crippen LogP contribution in [0.5, 0.6) is 0 Å². The number of rotatable bonds is 17. The van der Waals surface area contributed by atoms with Crippen molar-refractivity contribution in [1.29, 1.82) is 0 Å². The van der Waals surface area contributed by atoms with Crippen LogP contribution in [0.25, 0.3) is 0 Å². The zero-order chi connectivity index (χ0) is 32.1. The fourth-order valence-electron chi connectivity index (χ4n) is 7.77. The van der Waals surface area contributed by atoms with E-state index in [2.05, 4.69) is 57.2 Å². The highest BCUT2D eigenvalue weighted by Crippen LogP contribution is 2.50. The summed E-state index contributed by atoms with van der Waals surface area (Å²) in [4.78, 5) is 0. The first-order chi connectivity index (χ1) is 22.5. The first-order valence-electron chi connectivity index (χ1n) is 18.3. The van der Waals surface area contributed by atoms with Gasteiger partial charge in [0.1, 0.15) is 0 Å². The van der Waals surface area contributed by atoms with Crippen LogP contribution in [0.3, 0.4) is 0 Å². The minimum absolute atomic E-state index is 0.0147. The normalized spacial score (nSPS) is 30.1. The molecule has 1 saturated carbocycles. The van der Waals surface area contributed by atoms with Gasteiger partial charge in [-0.2, -0.15) is 0 Å². The zero-order valence-electron chi connectivity index (χ0n) is 28.7. The van der Waals surface area contributed by atoms with Crippen molar-refractivity contribution < 1.29 is 28.8 Å². The van der Waals surface area contributed by atoms with E-state index in [1.165, 1.54) is 11.1 Å². The van der Waals surface area contributed by atoms with Gasteiger partial charge in [-0.15, -0.1) is 0 Å². The maximum atomic E-state index is 10.4. The number of hydrogen-bond donors (Lipinski definition) is 1. The number of aliphatic hydroxyl groups is 1. The summed E-state index contributed by atoms with van der Waals surface area (Å²) in [5, 5.41) is 10.4. The molecule has 256 valence electrons. The Labute approximate surface area is 278 Å². The molecule has 6 nitrogen and oxygen atoms in total. The van der Waals surface area contributed by atoms with Gasteiger partial charge >= 0.3 is 0 Å². The van der Waals surface area contributed by atoms with E-state index in [9.17, 15) is 5.11 Å². The SMILES string of the molecule is CC(C)=CCCC(C)C[C@@H](/C=C/[C@@H]1[C@H]2CC(C(CO)COCc3ccccc3)=C[C@H]2C[C@H]1OC1CCCCO1)OC1CCCCO1. The van der Waals surface area contributed by atoms with Gasteiger partial charge in [-0.25, -0.2) is 0 Å². The van der Waals surface area contributed by atoms with Gasteiger partial charge in [0, 0.05) is 25.0 Å². The summed E-state index contributed by atoms with van der Waals surface area (Å²) in [6.07, 6.45) is 21.2. The number of allylic oxidation sites excluding steroid dienone is 3. The van der Waals surface area contributed by atoms with Gasteiger partial charge in [-0.1, -0.05) is 72.7 Å². The van der Waals surface area contributed by atoms with Gasteiger partial charge in [0.15, 0.2) is 12.6 Å². The second kappa shape index (κ2) is 18.7. The highest BCUT2D eigenvalue weighted by molar-refractivity contribution is 5.23. The molecule has 2 saturated heterocycles. The zero-order valence-corrected chi connectivity index (χ0v) is 28.7. The molecule has 6 heteroatoms. The van der Waals surface area contributed by atoms with Crippen LogP contribution in [0.1, 0.15) is 97.0 Å². The molecule has 2 heterocycles. The summed E-state index contributed by atoms with van der Waals surface area (Å²) in [6, 6.07) is 10.3. The number of hydrogen-bond acceptors (Lipinski definition) is 6. The Kier molecular flexibility index (Phi) is 14.4. The van der Waals surface area contributed by atoms with E-state index in [0.717, 1.165) is 89.4 Å². The highest BCUT2D eigenvalue weighted by atomic mass is 16.7. The number of aliphatic hydroxyl groups excluding tert-OH is 1. The van der Waals surface area contributed by atoms with Crippen molar-refractivity contribution >= 4 is 0 Å². The molecule has 4 unspecified atom stereocenters. The molecular formula is C40H60O6. The minimum atomic E-state index is -0.117. The van der Waals surface area contributed by atoms with Gasteiger partial charge in [-0.05, 0) is 108 Å². The topological polar surface area (TPSA) is 66.4 Å². The molecule has 1 aromatic carbocycles. The summed E-state index contributed by atoms with van der Waals surface area (Å²) < 4.78 is 31.5. The van der Waals surface area contributed by atoms with Crippen molar-refractivity contribution in [3.8, 4) is 0 Å². The lowest BCUT2D eigenvalue weighted by molar-refractivity contribution is -0.193. The predicted molar refractivity (Wildman–Crippen MR) is 183 cm³/mol. The predicted octanol–water partition coefficient (Wildman–Crippen LogP) is 8.55. The Hall–Kier alpha value is -1.80. The lowest BCUT2D eigenvalue weighted by Crippen LogP contribution is -2.31. The van der Waals surface area contributed by atoms with Crippen molar-refractivity contribution in [2.75, 3.05) is 26.4 Å². The third-order valence-corrected chi connectivity index (χ3v) is 10.4. The van der Waals surface area contributed by atoms with Gasteiger partial charge in [0.05, 0.1) is 32.0 Å². The summed E-state index contributed by atoms with van der Waals surface area (Å²) in [7, 11) is 0. The van der Waals surface area contributed by atoms with Crippen molar-refractivity contribution in [2.24, 2.45) is 29.6 Å².